The first-order valence-electron chi connectivity index (χ1n) is 14.1. The monoisotopic (exact) mass is 534 g/mol. The van der Waals surface area contributed by atoms with Crippen molar-refractivity contribution in [2.24, 2.45) is 17.6 Å². The molecule has 4 rings (SSSR count). The lowest BCUT2D eigenvalue weighted by atomic mass is 9.81. The molecule has 0 radical (unpaired) electrons. The smallest absolute Gasteiger partial charge is 0.254 e. The number of rotatable bonds is 10. The van der Waals surface area contributed by atoms with Crippen molar-refractivity contribution in [3.8, 4) is 5.75 Å². The second-order valence-corrected chi connectivity index (χ2v) is 10.9. The zero-order valence-corrected chi connectivity index (χ0v) is 23.2. The predicted octanol–water partition coefficient (Wildman–Crippen LogP) is 3.25. The molecule has 2 aromatic rings. The number of likely N-dealkylation sites (tertiary alicyclic amines) is 1. The van der Waals surface area contributed by atoms with Gasteiger partial charge < -0.3 is 25.6 Å². The zero-order valence-electron chi connectivity index (χ0n) is 23.2. The first kappa shape index (κ1) is 28.6. The number of methoxy groups -OCH3 is 1. The minimum Gasteiger partial charge on any atom is -0.497 e. The van der Waals surface area contributed by atoms with Crippen molar-refractivity contribution >= 4 is 17.7 Å². The van der Waals surface area contributed by atoms with Gasteiger partial charge in [0.25, 0.3) is 5.91 Å². The second kappa shape index (κ2) is 13.6. The average molecular weight is 535 g/mol. The van der Waals surface area contributed by atoms with Crippen LogP contribution < -0.4 is 15.8 Å². The van der Waals surface area contributed by atoms with Gasteiger partial charge in [0.15, 0.2) is 0 Å². The van der Waals surface area contributed by atoms with Gasteiger partial charge in [-0.15, -0.1) is 0 Å². The van der Waals surface area contributed by atoms with Crippen LogP contribution in [0.3, 0.4) is 0 Å². The summed E-state index contributed by atoms with van der Waals surface area (Å²) in [5.41, 5.74) is 7.57. The van der Waals surface area contributed by atoms with E-state index in [4.69, 9.17) is 10.5 Å². The molecule has 2 aliphatic rings. The fourth-order valence-corrected chi connectivity index (χ4v) is 6.04. The zero-order chi connectivity index (χ0) is 27.8. The third kappa shape index (κ3) is 7.38. The molecular weight excluding hydrogens is 492 g/mol. The Bertz CT molecular complexity index is 1110. The van der Waals surface area contributed by atoms with Crippen LogP contribution in [0.2, 0.25) is 0 Å². The van der Waals surface area contributed by atoms with Crippen LogP contribution in [-0.4, -0.2) is 72.9 Å². The average Bonchev–Trinajstić information content (AvgIpc) is 3.42. The predicted molar refractivity (Wildman–Crippen MR) is 151 cm³/mol. The van der Waals surface area contributed by atoms with Gasteiger partial charge in [-0.1, -0.05) is 36.8 Å². The molecule has 0 aromatic heterocycles. The number of hydrogen-bond donors (Lipinski definition) is 2. The van der Waals surface area contributed by atoms with Crippen LogP contribution >= 0.6 is 0 Å². The van der Waals surface area contributed by atoms with Crippen LogP contribution in [-0.2, 0) is 16.0 Å². The Kier molecular flexibility index (Phi) is 9.98. The maximum atomic E-state index is 13.8. The summed E-state index contributed by atoms with van der Waals surface area (Å²) in [6.45, 7) is 3.61. The summed E-state index contributed by atoms with van der Waals surface area (Å²) in [5.74, 6) is 1.21. The molecule has 8 heteroatoms. The summed E-state index contributed by atoms with van der Waals surface area (Å²) in [7, 11) is 1.59. The van der Waals surface area contributed by atoms with Crippen molar-refractivity contribution in [1.29, 1.82) is 0 Å². The third-order valence-electron chi connectivity index (χ3n) is 8.30. The third-order valence-corrected chi connectivity index (χ3v) is 8.30. The molecule has 1 saturated heterocycles. The quantitative estimate of drug-likeness (QED) is 0.487. The maximum Gasteiger partial charge on any atom is 0.254 e. The normalized spacial score (nSPS) is 22.8. The fourth-order valence-electron chi connectivity index (χ4n) is 6.04. The van der Waals surface area contributed by atoms with E-state index in [1.165, 1.54) is 6.92 Å². The molecule has 3 amide bonds. The van der Waals surface area contributed by atoms with Gasteiger partial charge in [0, 0.05) is 32.1 Å². The van der Waals surface area contributed by atoms with Crippen LogP contribution in [0.5, 0.6) is 5.75 Å². The van der Waals surface area contributed by atoms with Gasteiger partial charge >= 0.3 is 0 Å². The molecule has 1 aliphatic heterocycles. The first-order chi connectivity index (χ1) is 18.9. The largest absolute Gasteiger partial charge is 0.497 e. The van der Waals surface area contributed by atoms with Gasteiger partial charge in [0.05, 0.1) is 13.2 Å². The van der Waals surface area contributed by atoms with Crippen LogP contribution in [0.15, 0.2) is 54.6 Å². The van der Waals surface area contributed by atoms with Crippen molar-refractivity contribution in [2.75, 3.05) is 33.3 Å². The van der Waals surface area contributed by atoms with Gasteiger partial charge in [-0.05, 0) is 80.3 Å². The number of nitrogens with two attached hydrogens (primary N) is 1. The summed E-state index contributed by atoms with van der Waals surface area (Å²) >= 11 is 0. The van der Waals surface area contributed by atoms with E-state index < -0.39 is 6.04 Å². The molecule has 3 N–H and O–H groups in total. The van der Waals surface area contributed by atoms with E-state index in [0.29, 0.717) is 62.2 Å². The number of amides is 3. The van der Waals surface area contributed by atoms with E-state index >= 15 is 0 Å². The highest BCUT2D eigenvalue weighted by atomic mass is 16.5. The number of hydrogen-bond acceptors (Lipinski definition) is 5. The molecule has 4 unspecified atom stereocenters. The topological polar surface area (TPSA) is 105 Å². The molecule has 210 valence electrons. The highest BCUT2D eigenvalue weighted by Gasteiger charge is 2.42. The summed E-state index contributed by atoms with van der Waals surface area (Å²) < 4.78 is 5.25. The molecule has 2 aromatic carbocycles. The maximum absolute atomic E-state index is 13.8. The number of benzene rings is 2. The Morgan fingerprint density at radius 1 is 1.03 bits per heavy atom. The molecule has 1 saturated carbocycles. The van der Waals surface area contributed by atoms with Crippen molar-refractivity contribution in [3.63, 3.8) is 0 Å². The van der Waals surface area contributed by atoms with Gasteiger partial charge in [0.1, 0.15) is 11.8 Å². The van der Waals surface area contributed by atoms with Crippen molar-refractivity contribution in [1.82, 2.24) is 15.1 Å². The highest BCUT2D eigenvalue weighted by molar-refractivity contribution is 5.95. The summed E-state index contributed by atoms with van der Waals surface area (Å²) in [4.78, 5) is 43.2. The Labute approximate surface area is 231 Å². The number of carbonyl (C=O) groups is 3. The van der Waals surface area contributed by atoms with Gasteiger partial charge in [-0.2, -0.15) is 0 Å². The van der Waals surface area contributed by atoms with Gasteiger partial charge in [0.2, 0.25) is 11.8 Å². The first-order valence-corrected chi connectivity index (χ1v) is 14.1. The lowest BCUT2D eigenvalue weighted by Crippen LogP contribution is -2.46. The van der Waals surface area contributed by atoms with Gasteiger partial charge in [-0.25, -0.2) is 0 Å². The Hall–Kier alpha value is -3.39. The lowest BCUT2D eigenvalue weighted by Gasteiger charge is -2.29. The summed E-state index contributed by atoms with van der Waals surface area (Å²) in [5, 5.41) is 3.12. The fraction of sp³-hybridized carbons (Fsp3) is 0.516. The number of nitrogens with zero attached hydrogens (tertiary/aromatic N) is 2. The number of nitrogens with one attached hydrogen (secondary N) is 1. The van der Waals surface area contributed by atoms with Crippen LogP contribution in [0.1, 0.15) is 54.9 Å². The Morgan fingerprint density at radius 3 is 2.41 bits per heavy atom. The molecule has 1 heterocycles. The van der Waals surface area contributed by atoms with Crippen LogP contribution in [0.25, 0.3) is 0 Å². The molecular formula is C31H42N4O4. The van der Waals surface area contributed by atoms with Crippen molar-refractivity contribution in [3.05, 3.63) is 65.7 Å². The van der Waals surface area contributed by atoms with Crippen molar-refractivity contribution in [2.45, 2.75) is 57.5 Å². The van der Waals surface area contributed by atoms with E-state index in [2.05, 4.69) is 5.32 Å². The minimum absolute atomic E-state index is 0.113. The van der Waals surface area contributed by atoms with Gasteiger partial charge in [-0.3, -0.25) is 14.4 Å². The molecule has 0 spiro atoms. The molecule has 1 aliphatic carbocycles. The van der Waals surface area contributed by atoms with E-state index in [1.54, 1.807) is 36.3 Å². The van der Waals surface area contributed by atoms with E-state index in [9.17, 15) is 14.4 Å². The number of ether oxygens (including phenoxy) is 1. The van der Waals surface area contributed by atoms with E-state index in [0.717, 1.165) is 31.2 Å². The number of carbonyl (C=O) groups excluding carboxylic acids is 3. The van der Waals surface area contributed by atoms with Crippen LogP contribution in [0, 0.1) is 11.8 Å². The summed E-state index contributed by atoms with van der Waals surface area (Å²) in [6.07, 6.45) is 5.51. The Balaban J connectivity index is 1.48. The molecule has 39 heavy (non-hydrogen) atoms. The minimum atomic E-state index is -0.593. The molecule has 4 atom stereocenters. The standard InChI is InChI=1S/C31H42N4O4/c1-22(36)35-21-27(18-29(35)30(37)33-20-25-10-6-9-24(17-25)19-32)34(16-15-23-7-4-3-5-8-23)31(38)26-11-13-28(39-2)14-12-26/h3-5,7-8,11-14,24-25,27,29H,6,9-10,15-21,32H2,1-2H3,(H,33,37). The van der Waals surface area contributed by atoms with Crippen LogP contribution in [0.4, 0.5) is 0 Å². The SMILES string of the molecule is COc1ccc(C(=O)N(CCc2ccccc2)C2CC(C(=O)NCC3CCCC(CN)C3)N(C(C)=O)C2)cc1. The second-order valence-electron chi connectivity index (χ2n) is 10.9. The summed E-state index contributed by atoms with van der Waals surface area (Å²) in [6, 6.07) is 16.2. The van der Waals surface area contributed by atoms with E-state index in [1.807, 2.05) is 35.2 Å². The van der Waals surface area contributed by atoms with Crippen molar-refractivity contribution < 1.29 is 19.1 Å². The molecule has 8 nitrogen and oxygen atoms in total. The highest BCUT2D eigenvalue weighted by Crippen LogP contribution is 2.29. The lowest BCUT2D eigenvalue weighted by molar-refractivity contribution is -0.137. The molecule has 0 bridgehead atoms. The molecule has 2 fully saturated rings. The van der Waals surface area contributed by atoms with E-state index in [-0.39, 0.29) is 23.8 Å². The Morgan fingerprint density at radius 2 is 1.74 bits per heavy atom.